The molecule has 1 aliphatic heterocycles. The van der Waals surface area contributed by atoms with Crippen molar-refractivity contribution in [3.05, 3.63) is 45.8 Å². The lowest BCUT2D eigenvalue weighted by Crippen LogP contribution is -2.35. The van der Waals surface area contributed by atoms with Crippen LogP contribution in [0.1, 0.15) is 30.8 Å². The first-order chi connectivity index (χ1) is 12.5. The largest absolute Gasteiger partial charge is 0.340 e. The van der Waals surface area contributed by atoms with Crippen molar-refractivity contribution in [1.82, 2.24) is 24.0 Å². The molecule has 136 valence electrons. The monoisotopic (exact) mass is 371 g/mol. The summed E-state index contributed by atoms with van der Waals surface area (Å²) < 4.78 is 4.39. The summed E-state index contributed by atoms with van der Waals surface area (Å²) >= 11 is 1.45. The van der Waals surface area contributed by atoms with Crippen LogP contribution in [0.3, 0.4) is 0 Å². The number of hydrogen-bond donors (Lipinski definition) is 0. The van der Waals surface area contributed by atoms with Crippen molar-refractivity contribution in [3.8, 4) is 0 Å². The van der Waals surface area contributed by atoms with E-state index in [2.05, 4.69) is 4.98 Å². The van der Waals surface area contributed by atoms with Crippen LogP contribution < -0.4 is 5.56 Å². The molecule has 0 spiro atoms. The third-order valence-corrected chi connectivity index (χ3v) is 6.06. The second kappa shape index (κ2) is 6.68. The zero-order chi connectivity index (χ0) is 18.3. The van der Waals surface area contributed by atoms with Crippen LogP contribution >= 0.6 is 11.3 Å². The van der Waals surface area contributed by atoms with Gasteiger partial charge in [-0.1, -0.05) is 0 Å². The molecule has 0 radical (unpaired) electrons. The van der Waals surface area contributed by atoms with Gasteiger partial charge < -0.3 is 9.47 Å². The summed E-state index contributed by atoms with van der Waals surface area (Å²) in [4.78, 5) is 36.1. The van der Waals surface area contributed by atoms with Crippen molar-refractivity contribution in [3.63, 3.8) is 0 Å². The molecule has 0 aliphatic carbocycles. The molecule has 7 nitrogen and oxygen atoms in total. The molecule has 1 unspecified atom stereocenters. The summed E-state index contributed by atoms with van der Waals surface area (Å²) in [7, 11) is 0. The van der Waals surface area contributed by atoms with Crippen LogP contribution in [0, 0.1) is 6.92 Å². The zero-order valence-corrected chi connectivity index (χ0v) is 15.7. The van der Waals surface area contributed by atoms with Crippen LogP contribution in [0.2, 0.25) is 0 Å². The SMILES string of the molecule is Cc1csc2c(=O)n3c(nc12)CCN(C(=O)CC(C)n1ccnc1)CC3. The summed E-state index contributed by atoms with van der Waals surface area (Å²) in [6, 6.07) is 0.0597. The highest BCUT2D eigenvalue weighted by atomic mass is 32.1. The van der Waals surface area contributed by atoms with Gasteiger partial charge in [0.15, 0.2) is 0 Å². The van der Waals surface area contributed by atoms with Crippen LogP contribution in [0.5, 0.6) is 0 Å². The van der Waals surface area contributed by atoms with E-state index in [1.54, 1.807) is 17.1 Å². The summed E-state index contributed by atoms with van der Waals surface area (Å²) in [6.07, 6.45) is 6.34. The summed E-state index contributed by atoms with van der Waals surface area (Å²) in [5.41, 5.74) is 1.86. The number of thiophene rings is 1. The van der Waals surface area contributed by atoms with Gasteiger partial charge in [-0.3, -0.25) is 14.2 Å². The molecular weight excluding hydrogens is 350 g/mol. The predicted molar refractivity (Wildman–Crippen MR) is 100 cm³/mol. The van der Waals surface area contributed by atoms with E-state index < -0.39 is 0 Å². The fourth-order valence-corrected chi connectivity index (χ4v) is 4.35. The molecule has 26 heavy (non-hydrogen) atoms. The summed E-state index contributed by atoms with van der Waals surface area (Å²) in [5, 5.41) is 1.98. The molecule has 0 saturated heterocycles. The zero-order valence-electron chi connectivity index (χ0n) is 14.9. The fraction of sp³-hybridized carbons (Fsp3) is 0.444. The number of nitrogens with zero attached hydrogens (tertiary/aromatic N) is 5. The Morgan fingerprint density at radius 1 is 1.35 bits per heavy atom. The first kappa shape index (κ1) is 17.0. The Bertz CT molecular complexity index is 1000. The molecule has 0 saturated carbocycles. The molecule has 0 N–H and O–H groups in total. The molecule has 0 aromatic carbocycles. The Balaban J connectivity index is 1.53. The average molecular weight is 371 g/mol. The Hall–Kier alpha value is -2.48. The van der Waals surface area contributed by atoms with Gasteiger partial charge >= 0.3 is 0 Å². The molecule has 8 heteroatoms. The predicted octanol–water partition coefficient (Wildman–Crippen LogP) is 2.00. The number of rotatable bonds is 3. The molecule has 3 aromatic heterocycles. The van der Waals surface area contributed by atoms with Crippen molar-refractivity contribution < 1.29 is 4.79 Å². The number of carbonyl (C=O) groups excluding carboxylic acids is 1. The number of aryl methyl sites for hydroxylation is 1. The molecule has 0 fully saturated rings. The van der Waals surface area contributed by atoms with Crippen LogP contribution in [-0.2, 0) is 17.8 Å². The minimum absolute atomic E-state index is 0.0178. The van der Waals surface area contributed by atoms with E-state index in [0.29, 0.717) is 37.2 Å². The topological polar surface area (TPSA) is 73.0 Å². The van der Waals surface area contributed by atoms with E-state index in [4.69, 9.17) is 4.98 Å². The molecule has 0 bridgehead atoms. The number of carbonyl (C=O) groups is 1. The van der Waals surface area contributed by atoms with E-state index >= 15 is 0 Å². The minimum Gasteiger partial charge on any atom is -0.340 e. The molecule has 4 heterocycles. The van der Waals surface area contributed by atoms with E-state index in [9.17, 15) is 9.59 Å². The normalized spacial score (nSPS) is 15.7. The second-order valence-corrected chi connectivity index (χ2v) is 7.65. The van der Waals surface area contributed by atoms with Gasteiger partial charge in [-0.05, 0) is 24.8 Å². The maximum absolute atomic E-state index is 12.8. The van der Waals surface area contributed by atoms with Gasteiger partial charge in [0.2, 0.25) is 5.91 Å². The van der Waals surface area contributed by atoms with Crippen molar-refractivity contribution in [2.75, 3.05) is 13.1 Å². The van der Waals surface area contributed by atoms with Gasteiger partial charge in [-0.15, -0.1) is 11.3 Å². The lowest BCUT2D eigenvalue weighted by Gasteiger charge is -2.22. The number of aromatic nitrogens is 4. The summed E-state index contributed by atoms with van der Waals surface area (Å²) in [5.74, 6) is 0.881. The highest BCUT2D eigenvalue weighted by Gasteiger charge is 2.23. The van der Waals surface area contributed by atoms with Gasteiger partial charge in [-0.25, -0.2) is 9.97 Å². The Kier molecular flexibility index (Phi) is 4.36. The van der Waals surface area contributed by atoms with Crippen LogP contribution in [0.25, 0.3) is 10.2 Å². The van der Waals surface area contributed by atoms with Gasteiger partial charge in [0, 0.05) is 50.9 Å². The van der Waals surface area contributed by atoms with E-state index in [1.165, 1.54) is 11.3 Å². The van der Waals surface area contributed by atoms with Crippen molar-refractivity contribution in [2.24, 2.45) is 0 Å². The van der Waals surface area contributed by atoms with E-state index in [1.807, 2.05) is 34.9 Å². The molecule has 1 atom stereocenters. The van der Waals surface area contributed by atoms with Gasteiger partial charge in [0.05, 0.1) is 11.8 Å². The Morgan fingerprint density at radius 3 is 2.96 bits per heavy atom. The lowest BCUT2D eigenvalue weighted by atomic mass is 10.2. The number of amides is 1. The van der Waals surface area contributed by atoms with Crippen molar-refractivity contribution in [2.45, 2.75) is 39.3 Å². The standard InChI is InChI=1S/C18H21N5O2S/c1-12-10-26-17-16(12)20-14-3-5-21(7-8-23(14)18(17)25)15(24)9-13(2)22-6-4-19-11-22/h4,6,10-11,13H,3,5,7-9H2,1-2H3. The van der Waals surface area contributed by atoms with Crippen molar-refractivity contribution >= 4 is 27.5 Å². The minimum atomic E-state index is 0.0178. The van der Waals surface area contributed by atoms with Crippen LogP contribution in [0.15, 0.2) is 28.9 Å². The van der Waals surface area contributed by atoms with Crippen LogP contribution in [-0.4, -0.2) is 43.0 Å². The third-order valence-electron chi connectivity index (χ3n) is 4.99. The Morgan fingerprint density at radius 2 is 2.19 bits per heavy atom. The number of hydrogen-bond acceptors (Lipinski definition) is 5. The lowest BCUT2D eigenvalue weighted by molar-refractivity contribution is -0.131. The highest BCUT2D eigenvalue weighted by Crippen LogP contribution is 2.22. The number of imidazole rings is 1. The highest BCUT2D eigenvalue weighted by molar-refractivity contribution is 7.17. The van der Waals surface area contributed by atoms with Gasteiger partial charge in [0.25, 0.3) is 5.56 Å². The maximum Gasteiger partial charge on any atom is 0.271 e. The first-order valence-electron chi connectivity index (χ1n) is 8.77. The third kappa shape index (κ3) is 2.94. The molecule has 1 aliphatic rings. The van der Waals surface area contributed by atoms with Gasteiger partial charge in [0.1, 0.15) is 10.5 Å². The molecule has 1 amide bonds. The van der Waals surface area contributed by atoms with E-state index in [-0.39, 0.29) is 17.5 Å². The first-order valence-corrected chi connectivity index (χ1v) is 9.65. The second-order valence-electron chi connectivity index (χ2n) is 6.78. The quantitative estimate of drug-likeness (QED) is 0.706. The van der Waals surface area contributed by atoms with Crippen LogP contribution in [0.4, 0.5) is 0 Å². The molecule has 3 aromatic rings. The Labute approximate surface area is 154 Å². The van der Waals surface area contributed by atoms with E-state index in [0.717, 1.165) is 16.9 Å². The average Bonchev–Trinajstić information content (AvgIpc) is 3.22. The molecular formula is C18H21N5O2S. The smallest absolute Gasteiger partial charge is 0.271 e. The number of fused-ring (bicyclic) bond motifs is 2. The van der Waals surface area contributed by atoms with Gasteiger partial charge in [-0.2, -0.15) is 0 Å². The summed E-state index contributed by atoms with van der Waals surface area (Å²) in [6.45, 7) is 5.62. The fourth-order valence-electron chi connectivity index (χ4n) is 3.41. The molecule has 4 rings (SSSR count). The maximum atomic E-state index is 12.8. The van der Waals surface area contributed by atoms with Crippen molar-refractivity contribution in [1.29, 1.82) is 0 Å².